The minimum atomic E-state index is -1.02. The first-order valence-electron chi connectivity index (χ1n) is 10.3. The molecule has 1 aliphatic heterocycles. The minimum absolute atomic E-state index is 0.0805. The number of fused-ring (bicyclic) bond motifs is 4. The van der Waals surface area contributed by atoms with Crippen LogP contribution in [0.15, 0.2) is 24.4 Å². The molecule has 4 bridgehead atoms. The molecule has 3 atom stereocenters. The van der Waals surface area contributed by atoms with E-state index in [1.807, 2.05) is 0 Å². The molecule has 0 unspecified atom stereocenters. The van der Waals surface area contributed by atoms with Crippen molar-refractivity contribution in [2.75, 3.05) is 11.9 Å². The summed E-state index contributed by atoms with van der Waals surface area (Å²) in [5, 5.41) is 21.3. The fourth-order valence-electron chi connectivity index (χ4n) is 3.24. The topological polar surface area (TPSA) is 176 Å². The van der Waals surface area contributed by atoms with Crippen molar-refractivity contribution in [3.8, 4) is 5.75 Å². The first kappa shape index (κ1) is 24.0. The lowest BCUT2D eigenvalue weighted by atomic mass is 10.0. The number of aromatic hydroxyl groups is 1. The molecule has 33 heavy (non-hydrogen) atoms. The highest BCUT2D eigenvalue weighted by Crippen LogP contribution is 2.26. The second kappa shape index (κ2) is 10.3. The monoisotopic (exact) mass is 474 g/mol. The van der Waals surface area contributed by atoms with Crippen LogP contribution in [0.5, 0.6) is 5.75 Å². The summed E-state index contributed by atoms with van der Waals surface area (Å²) in [5.74, 6) is -2.23. The number of phenols is 1. The zero-order chi connectivity index (χ0) is 24.1. The minimum Gasteiger partial charge on any atom is -0.508 e. The van der Waals surface area contributed by atoms with Crippen LogP contribution in [-0.4, -0.2) is 58.4 Å². The molecule has 0 fully saturated rings. The fourth-order valence-corrected chi connectivity index (χ4v) is 4.07. The summed E-state index contributed by atoms with van der Waals surface area (Å²) < 4.78 is 0. The molecule has 0 spiro atoms. The number of phenolic OH excluding ortho intramolecular Hbond substituents is 1. The van der Waals surface area contributed by atoms with Gasteiger partial charge in [0.2, 0.25) is 23.6 Å². The van der Waals surface area contributed by atoms with Gasteiger partial charge in [0.1, 0.15) is 23.9 Å². The summed E-state index contributed by atoms with van der Waals surface area (Å²) in [4.78, 5) is 54.2. The van der Waals surface area contributed by atoms with Gasteiger partial charge in [-0.25, -0.2) is 4.98 Å². The van der Waals surface area contributed by atoms with Crippen molar-refractivity contribution in [2.45, 2.75) is 44.8 Å². The van der Waals surface area contributed by atoms with Crippen molar-refractivity contribution in [3.63, 3.8) is 0 Å². The lowest BCUT2D eigenvalue weighted by molar-refractivity contribution is -0.132. The maximum atomic E-state index is 12.6. The van der Waals surface area contributed by atoms with E-state index >= 15 is 0 Å². The number of carbonyl (C=O) groups excluding carboxylic acids is 4. The molecule has 176 valence electrons. The average molecular weight is 475 g/mol. The van der Waals surface area contributed by atoms with Crippen LogP contribution in [0.25, 0.3) is 0 Å². The molecule has 4 amide bonds. The SMILES string of the molecule is C[C@@H]1NC(=O)CNc2ncc(s2)Cc2cc(ccc2O)C[C@@H](C(N)=O)NC(=O)[C@H](C)NC1=O. The van der Waals surface area contributed by atoms with Gasteiger partial charge in [-0.15, -0.1) is 11.3 Å². The predicted octanol–water partition coefficient (Wildman–Crippen LogP) is -0.613. The van der Waals surface area contributed by atoms with Crippen molar-refractivity contribution < 1.29 is 24.3 Å². The van der Waals surface area contributed by atoms with E-state index in [-0.39, 0.29) is 18.7 Å². The van der Waals surface area contributed by atoms with E-state index in [1.54, 1.807) is 18.3 Å². The van der Waals surface area contributed by atoms with Gasteiger partial charge >= 0.3 is 0 Å². The van der Waals surface area contributed by atoms with Gasteiger partial charge in [0, 0.05) is 23.9 Å². The Morgan fingerprint density at radius 1 is 1.12 bits per heavy atom. The molecular formula is C21H26N6O5S. The Morgan fingerprint density at radius 3 is 2.55 bits per heavy atom. The summed E-state index contributed by atoms with van der Waals surface area (Å²) in [6.07, 6.45) is 2.13. The van der Waals surface area contributed by atoms with E-state index in [0.29, 0.717) is 22.7 Å². The standard InChI is InChI=1S/C21H26N6O5S/c1-10-19(31)26-11(2)20(32)27-15(18(22)30)6-12-3-4-16(28)13(5-12)7-14-8-23-21(33-14)24-9-17(29)25-10/h3-5,8,10-11,15,28H,6-7,9H2,1-2H3,(H2,22,30)(H,23,24)(H,25,29)(H,26,31)(H,27,32)/t10-,11-,15-/m0/s1. The lowest BCUT2D eigenvalue weighted by Gasteiger charge is -2.21. The molecule has 1 aromatic carbocycles. The Labute approximate surface area is 194 Å². The summed E-state index contributed by atoms with van der Waals surface area (Å²) in [7, 11) is 0. The molecule has 12 heteroatoms. The molecule has 1 aliphatic rings. The van der Waals surface area contributed by atoms with Crippen molar-refractivity contribution in [1.29, 1.82) is 0 Å². The third-order valence-corrected chi connectivity index (χ3v) is 6.04. The van der Waals surface area contributed by atoms with Crippen LogP contribution in [0.4, 0.5) is 5.13 Å². The molecule has 0 radical (unpaired) electrons. The maximum Gasteiger partial charge on any atom is 0.242 e. The number of anilines is 1. The Balaban J connectivity index is 1.90. The number of carbonyl (C=O) groups is 4. The first-order chi connectivity index (χ1) is 15.6. The van der Waals surface area contributed by atoms with Crippen molar-refractivity contribution >= 4 is 40.1 Å². The highest BCUT2D eigenvalue weighted by molar-refractivity contribution is 7.15. The smallest absolute Gasteiger partial charge is 0.242 e. The van der Waals surface area contributed by atoms with Gasteiger partial charge in [-0.1, -0.05) is 12.1 Å². The number of rotatable bonds is 1. The lowest BCUT2D eigenvalue weighted by Crippen LogP contribution is -2.55. The molecule has 2 aromatic rings. The molecule has 0 aliphatic carbocycles. The number of nitrogens with two attached hydrogens (primary N) is 1. The Kier molecular flexibility index (Phi) is 7.48. The zero-order valence-electron chi connectivity index (χ0n) is 18.2. The van der Waals surface area contributed by atoms with E-state index < -0.39 is 41.8 Å². The number of primary amides is 1. The third-order valence-electron chi connectivity index (χ3n) is 5.08. The molecule has 11 nitrogen and oxygen atoms in total. The summed E-state index contributed by atoms with van der Waals surface area (Å²) in [6.45, 7) is 2.86. The summed E-state index contributed by atoms with van der Waals surface area (Å²) >= 11 is 1.32. The van der Waals surface area contributed by atoms with Gasteiger partial charge in [-0.05, 0) is 31.0 Å². The number of thiazole rings is 1. The predicted molar refractivity (Wildman–Crippen MR) is 122 cm³/mol. The molecule has 1 aromatic heterocycles. The number of nitrogens with zero attached hydrogens (tertiary/aromatic N) is 1. The van der Waals surface area contributed by atoms with Crippen molar-refractivity contribution in [1.82, 2.24) is 20.9 Å². The molecule has 3 rings (SSSR count). The molecule has 0 saturated heterocycles. The van der Waals surface area contributed by atoms with Crippen LogP contribution in [-0.2, 0) is 32.0 Å². The number of aromatic nitrogens is 1. The van der Waals surface area contributed by atoms with Crippen molar-refractivity contribution in [3.05, 3.63) is 40.4 Å². The zero-order valence-corrected chi connectivity index (χ0v) is 19.0. The van der Waals surface area contributed by atoms with E-state index in [1.165, 1.54) is 31.3 Å². The van der Waals surface area contributed by atoms with Crippen LogP contribution in [0, 0.1) is 0 Å². The van der Waals surface area contributed by atoms with Crippen LogP contribution >= 0.6 is 11.3 Å². The first-order valence-corrected chi connectivity index (χ1v) is 11.1. The van der Waals surface area contributed by atoms with Gasteiger partial charge in [0.05, 0.1) is 6.54 Å². The summed E-state index contributed by atoms with van der Waals surface area (Å²) in [6, 6.07) is 2.02. The van der Waals surface area contributed by atoms with E-state index in [9.17, 15) is 24.3 Å². The highest BCUT2D eigenvalue weighted by Gasteiger charge is 2.25. The Morgan fingerprint density at radius 2 is 1.82 bits per heavy atom. The number of benzene rings is 1. The van der Waals surface area contributed by atoms with Gasteiger partial charge in [-0.2, -0.15) is 0 Å². The Bertz CT molecular complexity index is 1070. The van der Waals surface area contributed by atoms with E-state index in [0.717, 1.165) is 4.88 Å². The maximum absolute atomic E-state index is 12.6. The number of hydrogen-bond donors (Lipinski definition) is 6. The second-order valence-corrected chi connectivity index (χ2v) is 8.93. The third kappa shape index (κ3) is 6.42. The average Bonchev–Trinajstić information content (AvgIpc) is 3.20. The second-order valence-electron chi connectivity index (χ2n) is 7.81. The molecule has 0 saturated carbocycles. The van der Waals surface area contributed by atoms with Crippen LogP contribution < -0.4 is 27.0 Å². The summed E-state index contributed by atoms with van der Waals surface area (Å²) in [5.41, 5.74) is 6.79. The van der Waals surface area contributed by atoms with Gasteiger partial charge in [0.25, 0.3) is 0 Å². The Hall–Kier alpha value is -3.67. The molecule has 7 N–H and O–H groups in total. The quantitative estimate of drug-likeness (QED) is 0.319. The number of nitrogens with one attached hydrogen (secondary N) is 4. The van der Waals surface area contributed by atoms with Crippen LogP contribution in [0.1, 0.15) is 29.9 Å². The normalized spacial score (nSPS) is 22.5. The van der Waals surface area contributed by atoms with Gasteiger partial charge in [-0.3, -0.25) is 19.2 Å². The van der Waals surface area contributed by atoms with Gasteiger partial charge < -0.3 is 32.1 Å². The highest BCUT2D eigenvalue weighted by atomic mass is 32.1. The van der Waals surface area contributed by atoms with E-state index in [2.05, 4.69) is 26.3 Å². The molecular weight excluding hydrogens is 448 g/mol. The van der Waals surface area contributed by atoms with Crippen LogP contribution in [0.2, 0.25) is 0 Å². The van der Waals surface area contributed by atoms with E-state index in [4.69, 9.17) is 5.73 Å². The van der Waals surface area contributed by atoms with Crippen molar-refractivity contribution in [2.24, 2.45) is 5.73 Å². The fraction of sp³-hybridized carbons (Fsp3) is 0.381. The van der Waals surface area contributed by atoms with Crippen LogP contribution in [0.3, 0.4) is 0 Å². The largest absolute Gasteiger partial charge is 0.508 e. The number of amides is 4. The van der Waals surface area contributed by atoms with Gasteiger partial charge in [0.15, 0.2) is 5.13 Å². The molecule has 2 heterocycles. The number of hydrogen-bond acceptors (Lipinski definition) is 8.